The van der Waals surface area contributed by atoms with Gasteiger partial charge >= 0.3 is 0 Å². The summed E-state index contributed by atoms with van der Waals surface area (Å²) >= 11 is 0. The molecule has 23 heavy (non-hydrogen) atoms. The van der Waals surface area contributed by atoms with Crippen molar-refractivity contribution in [3.05, 3.63) is 12.2 Å². The number of allylic oxidation sites excluding steroid dienone is 2. The molecule has 0 aromatic heterocycles. The maximum Gasteiger partial charge on any atom is 0.0386 e. The summed E-state index contributed by atoms with van der Waals surface area (Å²) in [5, 5.41) is 0. The Kier molecular flexibility index (Phi) is 43.6. The molecule has 0 aliphatic rings. The third-order valence-electron chi connectivity index (χ3n) is 2.30. The molecule has 0 N–H and O–H groups in total. The van der Waals surface area contributed by atoms with Crippen LogP contribution < -0.4 is 0 Å². The molecule has 0 heterocycles. The van der Waals surface area contributed by atoms with Crippen molar-refractivity contribution in [2.45, 2.75) is 108 Å². The lowest BCUT2D eigenvalue weighted by Gasteiger charge is -2.00. The average Bonchev–Trinajstić information content (AvgIpc) is 2.49. The summed E-state index contributed by atoms with van der Waals surface area (Å²) in [6, 6.07) is 0. The van der Waals surface area contributed by atoms with Gasteiger partial charge in [-0.05, 0) is 30.8 Å². The molecule has 1 heteroatoms. The van der Waals surface area contributed by atoms with Gasteiger partial charge < -0.3 is 0 Å². The predicted octanol–water partition coefficient (Wildman–Crippen LogP) is 8.34. The summed E-state index contributed by atoms with van der Waals surface area (Å²) in [4.78, 5) is 4.12. The predicted molar refractivity (Wildman–Crippen MR) is 114 cm³/mol. The maximum absolute atomic E-state index is 4.12. The van der Waals surface area contributed by atoms with Crippen LogP contribution in [0.4, 0.5) is 0 Å². The average molecular weight is 328 g/mol. The molecule has 1 nitrogen and oxygen atoms in total. The minimum absolute atomic E-state index is 0.833. The van der Waals surface area contributed by atoms with Gasteiger partial charge in [0.25, 0.3) is 0 Å². The van der Waals surface area contributed by atoms with E-state index in [4.69, 9.17) is 0 Å². The van der Waals surface area contributed by atoms with Crippen LogP contribution in [0.25, 0.3) is 0 Å². The van der Waals surface area contributed by atoms with Crippen LogP contribution in [0.15, 0.2) is 17.1 Å². The highest BCUT2D eigenvalue weighted by molar-refractivity contribution is 5.70. The Morgan fingerprint density at radius 1 is 0.826 bits per heavy atom. The van der Waals surface area contributed by atoms with Crippen LogP contribution in [0.5, 0.6) is 0 Å². The van der Waals surface area contributed by atoms with Crippen LogP contribution in [-0.2, 0) is 0 Å². The van der Waals surface area contributed by atoms with Gasteiger partial charge in [0.05, 0.1) is 0 Å². The maximum atomic E-state index is 4.12. The standard InChI is InChI=1S/C8H15N.C8H18.C4H10.C2H6/c1-3-5-6-8-9-7-4-2;1-4-5-6-7-8(2)3;1-4(2)3;1-2/h5-6,8H,3-4,7H2,1-2H3;8H,4-7H2,1-3H3;4H,1-3H3;1-2H3/b6-5+,9-8?;;;. The van der Waals surface area contributed by atoms with Crippen LogP contribution in [0.3, 0.4) is 0 Å². The SMILES string of the molecule is CC.CC(C)C.CC/C=C/C=NCCC.CCCCCC(C)C. The summed E-state index contributed by atoms with van der Waals surface area (Å²) in [5.74, 6) is 1.74. The Hall–Kier alpha value is -0.590. The monoisotopic (exact) mass is 327 g/mol. The Balaban J connectivity index is -0.000000118. The van der Waals surface area contributed by atoms with E-state index in [-0.39, 0.29) is 0 Å². The van der Waals surface area contributed by atoms with Crippen molar-refractivity contribution in [3.8, 4) is 0 Å². The van der Waals surface area contributed by atoms with Gasteiger partial charge in [0.1, 0.15) is 0 Å². The number of unbranched alkanes of at least 4 members (excludes halogenated alkanes) is 2. The number of rotatable bonds is 8. The number of nitrogens with zero attached hydrogens (tertiary/aromatic N) is 1. The second-order valence-electron chi connectivity index (χ2n) is 6.51. The zero-order chi connectivity index (χ0) is 18.9. The quantitative estimate of drug-likeness (QED) is 0.314. The largest absolute Gasteiger partial charge is 0.293 e. The fourth-order valence-electron chi connectivity index (χ4n) is 1.26. The van der Waals surface area contributed by atoms with Crippen molar-refractivity contribution in [1.29, 1.82) is 0 Å². The van der Waals surface area contributed by atoms with Gasteiger partial charge in [0.15, 0.2) is 0 Å². The minimum atomic E-state index is 0.833. The second kappa shape index (κ2) is 33.1. The van der Waals surface area contributed by atoms with Crippen molar-refractivity contribution >= 4 is 6.21 Å². The van der Waals surface area contributed by atoms with E-state index in [9.17, 15) is 0 Å². The van der Waals surface area contributed by atoms with Crippen molar-refractivity contribution in [2.24, 2.45) is 16.8 Å². The molecule has 0 aromatic carbocycles. The third-order valence-corrected chi connectivity index (χ3v) is 2.30. The minimum Gasteiger partial charge on any atom is -0.293 e. The first-order valence-electron chi connectivity index (χ1n) is 10.1. The van der Waals surface area contributed by atoms with Crippen LogP contribution in [0, 0.1) is 11.8 Å². The van der Waals surface area contributed by atoms with Gasteiger partial charge in [-0.1, -0.05) is 101 Å². The van der Waals surface area contributed by atoms with Crippen LogP contribution in [0.2, 0.25) is 0 Å². The van der Waals surface area contributed by atoms with Crippen LogP contribution >= 0.6 is 0 Å². The highest BCUT2D eigenvalue weighted by Crippen LogP contribution is 2.06. The molecule has 0 aliphatic heterocycles. The van der Waals surface area contributed by atoms with E-state index in [1.807, 2.05) is 26.1 Å². The summed E-state index contributed by atoms with van der Waals surface area (Å²) < 4.78 is 0. The van der Waals surface area contributed by atoms with Gasteiger partial charge in [-0.3, -0.25) is 4.99 Å². The van der Waals surface area contributed by atoms with E-state index in [1.165, 1.54) is 25.7 Å². The lowest BCUT2D eigenvalue weighted by Crippen LogP contribution is -1.85. The molecular formula is C22H49N. The first kappa shape index (κ1) is 30.3. The molecule has 0 unspecified atom stereocenters. The van der Waals surface area contributed by atoms with Crippen molar-refractivity contribution < 1.29 is 0 Å². The molecule has 0 fully saturated rings. The molecular weight excluding hydrogens is 278 g/mol. The summed E-state index contributed by atoms with van der Waals surface area (Å²) in [6.45, 7) is 22.5. The number of aliphatic imine (C=N–C) groups is 1. The van der Waals surface area contributed by atoms with Gasteiger partial charge in [-0.15, -0.1) is 0 Å². The van der Waals surface area contributed by atoms with E-state index >= 15 is 0 Å². The van der Waals surface area contributed by atoms with Crippen molar-refractivity contribution in [3.63, 3.8) is 0 Å². The Bertz CT molecular complexity index is 199. The Morgan fingerprint density at radius 2 is 1.35 bits per heavy atom. The first-order chi connectivity index (χ1) is 10.9. The highest BCUT2D eigenvalue weighted by atomic mass is 14.7. The first-order valence-corrected chi connectivity index (χ1v) is 10.1. The molecule has 0 amide bonds. The van der Waals surface area contributed by atoms with Gasteiger partial charge in [0.2, 0.25) is 0 Å². The highest BCUT2D eigenvalue weighted by Gasteiger charge is 1.90. The summed E-state index contributed by atoms with van der Waals surface area (Å²) in [7, 11) is 0. The van der Waals surface area contributed by atoms with E-state index in [1.54, 1.807) is 0 Å². The molecule has 0 radical (unpaired) electrons. The van der Waals surface area contributed by atoms with Gasteiger partial charge in [-0.2, -0.15) is 0 Å². The van der Waals surface area contributed by atoms with E-state index < -0.39 is 0 Å². The lowest BCUT2D eigenvalue weighted by atomic mass is 10.1. The molecule has 0 bridgehead atoms. The normalized spacial score (nSPS) is 10.1. The topological polar surface area (TPSA) is 12.4 Å². The molecule has 0 saturated carbocycles. The third kappa shape index (κ3) is 74.4. The molecule has 0 aromatic rings. The molecule has 0 saturated heterocycles. The van der Waals surface area contributed by atoms with Gasteiger partial charge in [-0.25, -0.2) is 0 Å². The molecule has 0 rings (SSSR count). The summed E-state index contributed by atoms with van der Waals surface area (Å²) in [6.07, 6.45) is 13.8. The van der Waals surface area contributed by atoms with Gasteiger partial charge in [0, 0.05) is 12.8 Å². The fraction of sp³-hybridized carbons (Fsp3) is 0.864. The van der Waals surface area contributed by atoms with Crippen LogP contribution in [0.1, 0.15) is 108 Å². The van der Waals surface area contributed by atoms with E-state index in [0.717, 1.165) is 31.2 Å². The van der Waals surface area contributed by atoms with Crippen LogP contribution in [-0.4, -0.2) is 12.8 Å². The fourth-order valence-corrected chi connectivity index (χ4v) is 1.26. The van der Waals surface area contributed by atoms with Crippen molar-refractivity contribution in [1.82, 2.24) is 0 Å². The van der Waals surface area contributed by atoms with E-state index in [2.05, 4.69) is 66.5 Å². The number of hydrogen-bond acceptors (Lipinski definition) is 1. The number of hydrogen-bond donors (Lipinski definition) is 0. The van der Waals surface area contributed by atoms with E-state index in [0.29, 0.717) is 0 Å². The zero-order valence-electron chi connectivity index (χ0n) is 18.3. The lowest BCUT2D eigenvalue weighted by molar-refractivity contribution is 0.534. The smallest absolute Gasteiger partial charge is 0.0386 e. The van der Waals surface area contributed by atoms with Crippen molar-refractivity contribution in [2.75, 3.05) is 6.54 Å². The molecule has 0 spiro atoms. The molecule has 0 atom stereocenters. The molecule has 142 valence electrons. The Morgan fingerprint density at radius 3 is 1.70 bits per heavy atom. The summed E-state index contributed by atoms with van der Waals surface area (Å²) in [5.41, 5.74) is 0. The second-order valence-corrected chi connectivity index (χ2v) is 6.51. The molecule has 0 aliphatic carbocycles. The Labute approximate surface area is 150 Å². The zero-order valence-corrected chi connectivity index (χ0v) is 18.3.